The minimum atomic E-state index is -0.587. The number of hydrogen-bond donors (Lipinski definition) is 1. The average Bonchev–Trinajstić information content (AvgIpc) is 2.67. The minimum Gasteiger partial charge on any atom is -0.497 e. The number of ether oxygens (including phenoxy) is 3. The molecule has 1 heterocycles. The molecule has 0 aliphatic carbocycles. The van der Waals surface area contributed by atoms with Crippen LogP contribution in [-0.2, 0) is 0 Å². The number of nitro groups is 1. The molecule has 0 fully saturated rings. The van der Waals surface area contributed by atoms with Crippen molar-refractivity contribution in [3.63, 3.8) is 0 Å². The van der Waals surface area contributed by atoms with Crippen molar-refractivity contribution in [2.24, 2.45) is 0 Å². The highest BCUT2D eigenvalue weighted by atomic mass is 16.6. The van der Waals surface area contributed by atoms with E-state index >= 15 is 0 Å². The fourth-order valence-electron chi connectivity index (χ4n) is 2.83. The smallest absolute Gasteiger partial charge is 0.373 e. The van der Waals surface area contributed by atoms with Crippen molar-refractivity contribution in [3.8, 4) is 23.1 Å². The standard InChI is InChI=1S/C20H20N4O5/c1-12-7-13(2)9-15(8-12)29-20-18(24(25)26)19(21-11-22-20)23-16-6-5-14(27-3)10-17(16)28-4/h5-11H,1-4H3,(H,21,22,23). The third-order valence-corrected chi connectivity index (χ3v) is 4.04. The zero-order valence-electron chi connectivity index (χ0n) is 16.4. The summed E-state index contributed by atoms with van der Waals surface area (Å²) >= 11 is 0. The van der Waals surface area contributed by atoms with Crippen LogP contribution < -0.4 is 19.5 Å². The van der Waals surface area contributed by atoms with E-state index in [0.717, 1.165) is 11.1 Å². The minimum absolute atomic E-state index is 0.0205. The third kappa shape index (κ3) is 4.52. The van der Waals surface area contributed by atoms with E-state index in [0.29, 0.717) is 22.9 Å². The molecule has 1 N–H and O–H groups in total. The second-order valence-corrected chi connectivity index (χ2v) is 6.25. The molecule has 0 aliphatic rings. The summed E-state index contributed by atoms with van der Waals surface area (Å²) in [5.41, 5.74) is 2.04. The Morgan fingerprint density at radius 2 is 1.69 bits per heavy atom. The summed E-state index contributed by atoms with van der Waals surface area (Å²) in [6, 6.07) is 10.6. The number of hydrogen-bond acceptors (Lipinski definition) is 8. The monoisotopic (exact) mass is 396 g/mol. The van der Waals surface area contributed by atoms with E-state index in [9.17, 15) is 10.1 Å². The normalized spacial score (nSPS) is 10.3. The number of nitrogens with zero attached hydrogens (tertiary/aromatic N) is 3. The number of methoxy groups -OCH3 is 2. The lowest BCUT2D eigenvalue weighted by atomic mass is 10.1. The zero-order valence-corrected chi connectivity index (χ0v) is 16.4. The summed E-state index contributed by atoms with van der Waals surface area (Å²) in [5, 5.41) is 14.7. The summed E-state index contributed by atoms with van der Waals surface area (Å²) in [4.78, 5) is 19.2. The van der Waals surface area contributed by atoms with Gasteiger partial charge in [-0.05, 0) is 49.2 Å². The molecule has 0 saturated heterocycles. The predicted molar refractivity (Wildman–Crippen MR) is 108 cm³/mol. The van der Waals surface area contributed by atoms with E-state index in [2.05, 4.69) is 15.3 Å². The predicted octanol–water partition coefficient (Wildman–Crippen LogP) is 4.55. The van der Waals surface area contributed by atoms with Crippen molar-refractivity contribution in [2.75, 3.05) is 19.5 Å². The van der Waals surface area contributed by atoms with E-state index in [1.54, 1.807) is 30.3 Å². The van der Waals surface area contributed by atoms with E-state index in [4.69, 9.17) is 14.2 Å². The largest absolute Gasteiger partial charge is 0.497 e. The molecule has 9 heteroatoms. The highest BCUT2D eigenvalue weighted by molar-refractivity contribution is 5.72. The summed E-state index contributed by atoms with van der Waals surface area (Å²) in [7, 11) is 3.02. The maximum absolute atomic E-state index is 11.8. The Balaban J connectivity index is 2.00. The van der Waals surface area contributed by atoms with Crippen LogP contribution in [0, 0.1) is 24.0 Å². The molecule has 0 aliphatic heterocycles. The first-order valence-electron chi connectivity index (χ1n) is 8.66. The SMILES string of the molecule is COc1ccc(Nc2ncnc(Oc3cc(C)cc(C)c3)c2[N+](=O)[O-])c(OC)c1. The van der Waals surface area contributed by atoms with Crippen LogP contribution in [0.5, 0.6) is 23.1 Å². The Kier molecular flexibility index (Phi) is 5.77. The molecule has 0 bridgehead atoms. The molecule has 29 heavy (non-hydrogen) atoms. The maximum Gasteiger partial charge on any atom is 0.373 e. The van der Waals surface area contributed by atoms with Gasteiger partial charge in [0, 0.05) is 6.07 Å². The molecular weight excluding hydrogens is 376 g/mol. The molecule has 1 aromatic heterocycles. The van der Waals surface area contributed by atoms with Crippen molar-refractivity contribution in [1.29, 1.82) is 0 Å². The first-order chi connectivity index (χ1) is 13.9. The van der Waals surface area contributed by atoms with Gasteiger partial charge in [0.15, 0.2) is 0 Å². The van der Waals surface area contributed by atoms with Gasteiger partial charge in [0.05, 0.1) is 24.8 Å². The lowest BCUT2D eigenvalue weighted by molar-refractivity contribution is -0.385. The Morgan fingerprint density at radius 1 is 0.966 bits per heavy atom. The summed E-state index contributed by atoms with van der Waals surface area (Å²) < 4.78 is 16.2. The number of aryl methyl sites for hydroxylation is 2. The topological polar surface area (TPSA) is 109 Å². The quantitative estimate of drug-likeness (QED) is 0.457. The summed E-state index contributed by atoms with van der Waals surface area (Å²) in [6.07, 6.45) is 1.20. The molecule has 3 aromatic rings. The molecule has 0 unspecified atom stereocenters. The summed E-state index contributed by atoms with van der Waals surface area (Å²) in [5.74, 6) is 1.30. The van der Waals surface area contributed by atoms with E-state index < -0.39 is 4.92 Å². The van der Waals surface area contributed by atoms with Gasteiger partial charge in [-0.3, -0.25) is 10.1 Å². The van der Waals surface area contributed by atoms with Crippen molar-refractivity contribution < 1.29 is 19.1 Å². The molecule has 9 nitrogen and oxygen atoms in total. The van der Waals surface area contributed by atoms with Gasteiger partial charge in [-0.15, -0.1) is 0 Å². The van der Waals surface area contributed by atoms with Crippen LogP contribution in [0.1, 0.15) is 11.1 Å². The fraction of sp³-hybridized carbons (Fsp3) is 0.200. The lowest BCUT2D eigenvalue weighted by Gasteiger charge is -2.13. The van der Waals surface area contributed by atoms with Gasteiger partial charge in [-0.1, -0.05) is 6.07 Å². The van der Waals surface area contributed by atoms with Gasteiger partial charge in [0.25, 0.3) is 0 Å². The van der Waals surface area contributed by atoms with Gasteiger partial charge < -0.3 is 19.5 Å². The van der Waals surface area contributed by atoms with Crippen LogP contribution in [0.2, 0.25) is 0 Å². The van der Waals surface area contributed by atoms with Gasteiger partial charge >= 0.3 is 11.6 Å². The molecule has 0 amide bonds. The van der Waals surface area contributed by atoms with Crippen LogP contribution in [0.3, 0.4) is 0 Å². The first kappa shape index (κ1) is 19.9. The molecule has 3 rings (SSSR count). The lowest BCUT2D eigenvalue weighted by Crippen LogP contribution is -2.04. The highest BCUT2D eigenvalue weighted by Crippen LogP contribution is 2.38. The second-order valence-electron chi connectivity index (χ2n) is 6.25. The number of rotatable bonds is 7. The van der Waals surface area contributed by atoms with E-state index in [-0.39, 0.29) is 17.4 Å². The molecular formula is C20H20N4O5. The molecule has 0 spiro atoms. The summed E-state index contributed by atoms with van der Waals surface area (Å²) in [6.45, 7) is 3.83. The molecule has 150 valence electrons. The molecule has 2 aromatic carbocycles. The zero-order chi connectivity index (χ0) is 21.0. The van der Waals surface area contributed by atoms with Crippen molar-refractivity contribution >= 4 is 17.2 Å². The number of benzene rings is 2. The third-order valence-electron chi connectivity index (χ3n) is 4.04. The van der Waals surface area contributed by atoms with Gasteiger partial charge in [0.2, 0.25) is 5.82 Å². The van der Waals surface area contributed by atoms with Crippen LogP contribution in [0.4, 0.5) is 17.2 Å². The molecule has 0 saturated carbocycles. The van der Waals surface area contributed by atoms with Crippen molar-refractivity contribution in [3.05, 3.63) is 64.0 Å². The Bertz CT molecular complexity index is 1030. The number of aromatic nitrogens is 2. The number of nitrogens with one attached hydrogen (secondary N) is 1. The molecule has 0 radical (unpaired) electrons. The van der Waals surface area contributed by atoms with E-state index in [1.165, 1.54) is 20.5 Å². The second kappa shape index (κ2) is 8.42. The van der Waals surface area contributed by atoms with Crippen molar-refractivity contribution in [1.82, 2.24) is 9.97 Å². The number of anilines is 2. The van der Waals surface area contributed by atoms with Crippen molar-refractivity contribution in [2.45, 2.75) is 13.8 Å². The van der Waals surface area contributed by atoms with E-state index in [1.807, 2.05) is 19.9 Å². The van der Waals surface area contributed by atoms with Crippen LogP contribution in [0.15, 0.2) is 42.7 Å². The average molecular weight is 396 g/mol. The molecule has 0 atom stereocenters. The Morgan fingerprint density at radius 3 is 2.31 bits per heavy atom. The fourth-order valence-corrected chi connectivity index (χ4v) is 2.83. The Labute approximate surface area is 167 Å². The van der Waals surface area contributed by atoms with Crippen LogP contribution in [-0.4, -0.2) is 29.1 Å². The highest BCUT2D eigenvalue weighted by Gasteiger charge is 2.26. The Hall–Kier alpha value is -3.88. The van der Waals surface area contributed by atoms with Gasteiger partial charge in [-0.25, -0.2) is 4.98 Å². The van der Waals surface area contributed by atoms with Gasteiger partial charge in [0.1, 0.15) is 23.6 Å². The van der Waals surface area contributed by atoms with Crippen LogP contribution >= 0.6 is 0 Å². The van der Waals surface area contributed by atoms with Crippen LogP contribution in [0.25, 0.3) is 0 Å². The first-order valence-corrected chi connectivity index (χ1v) is 8.66. The maximum atomic E-state index is 11.8. The van der Waals surface area contributed by atoms with Gasteiger partial charge in [-0.2, -0.15) is 4.98 Å².